The van der Waals surface area contributed by atoms with Crippen LogP contribution in [0.1, 0.15) is 22.3 Å². The molecule has 2 heteroatoms. The van der Waals surface area contributed by atoms with E-state index in [0.717, 1.165) is 28.1 Å². The summed E-state index contributed by atoms with van der Waals surface area (Å²) >= 11 is 0. The molecular weight excluding hydrogens is 148 g/mol. The van der Waals surface area contributed by atoms with Crippen LogP contribution in [0.5, 0.6) is 0 Å². The predicted molar refractivity (Wildman–Crippen MR) is 54.2 cm³/mol. The Hall–Kier alpha value is -1.18. The van der Waals surface area contributed by atoms with E-state index < -0.39 is 0 Å². The van der Waals surface area contributed by atoms with Crippen molar-refractivity contribution in [3.05, 3.63) is 22.3 Å². The van der Waals surface area contributed by atoms with E-state index >= 15 is 0 Å². The van der Waals surface area contributed by atoms with Crippen LogP contribution in [0.3, 0.4) is 0 Å². The van der Waals surface area contributed by atoms with Crippen molar-refractivity contribution in [2.75, 3.05) is 11.5 Å². The van der Waals surface area contributed by atoms with Crippen LogP contribution < -0.4 is 11.5 Å². The zero-order chi connectivity index (χ0) is 9.46. The lowest BCUT2D eigenvalue weighted by molar-refractivity contribution is 1.24. The van der Waals surface area contributed by atoms with E-state index in [2.05, 4.69) is 6.92 Å². The molecule has 0 radical (unpaired) electrons. The van der Waals surface area contributed by atoms with Crippen molar-refractivity contribution in [2.24, 2.45) is 0 Å². The second-order valence-corrected chi connectivity index (χ2v) is 3.33. The molecule has 0 heterocycles. The molecule has 0 amide bonds. The van der Waals surface area contributed by atoms with Gasteiger partial charge in [0, 0.05) is 11.4 Å². The molecule has 0 atom stereocenters. The van der Waals surface area contributed by atoms with E-state index in [4.69, 9.17) is 11.5 Å². The first-order valence-corrected chi connectivity index (χ1v) is 4.08. The second-order valence-electron chi connectivity index (χ2n) is 3.33. The highest BCUT2D eigenvalue weighted by Crippen LogP contribution is 2.29. The number of benzene rings is 1. The van der Waals surface area contributed by atoms with Crippen molar-refractivity contribution in [3.8, 4) is 0 Å². The Labute approximate surface area is 73.6 Å². The van der Waals surface area contributed by atoms with Gasteiger partial charge in [-0.2, -0.15) is 0 Å². The second kappa shape index (κ2) is 2.70. The summed E-state index contributed by atoms with van der Waals surface area (Å²) in [5.74, 6) is 0. The summed E-state index contributed by atoms with van der Waals surface area (Å²) in [6.07, 6.45) is 0. The van der Waals surface area contributed by atoms with Gasteiger partial charge in [0.15, 0.2) is 0 Å². The summed E-state index contributed by atoms with van der Waals surface area (Å²) in [6, 6.07) is 0. The lowest BCUT2D eigenvalue weighted by Gasteiger charge is -2.14. The summed E-state index contributed by atoms with van der Waals surface area (Å²) in [5, 5.41) is 0. The molecule has 1 aromatic carbocycles. The Morgan fingerprint density at radius 3 is 1.25 bits per heavy atom. The van der Waals surface area contributed by atoms with Gasteiger partial charge < -0.3 is 11.5 Å². The zero-order valence-electron chi connectivity index (χ0n) is 8.15. The van der Waals surface area contributed by atoms with Crippen molar-refractivity contribution in [1.82, 2.24) is 0 Å². The Morgan fingerprint density at radius 2 is 0.917 bits per heavy atom. The minimum atomic E-state index is 0.829. The van der Waals surface area contributed by atoms with Gasteiger partial charge in [-0.15, -0.1) is 0 Å². The molecule has 0 aliphatic rings. The molecule has 0 spiro atoms. The van der Waals surface area contributed by atoms with Crippen molar-refractivity contribution in [2.45, 2.75) is 27.7 Å². The highest BCUT2D eigenvalue weighted by molar-refractivity contribution is 5.70. The number of hydrogen-bond acceptors (Lipinski definition) is 2. The average molecular weight is 164 g/mol. The zero-order valence-corrected chi connectivity index (χ0v) is 8.15. The van der Waals surface area contributed by atoms with Gasteiger partial charge in [-0.25, -0.2) is 0 Å². The van der Waals surface area contributed by atoms with Crippen LogP contribution in [0.25, 0.3) is 0 Å². The van der Waals surface area contributed by atoms with E-state index in [0.29, 0.717) is 0 Å². The summed E-state index contributed by atoms with van der Waals surface area (Å²) in [4.78, 5) is 0. The Bertz CT molecular complexity index is 222. The summed E-state index contributed by atoms with van der Waals surface area (Å²) < 4.78 is 0. The third-order valence-electron chi connectivity index (χ3n) is 2.74. The first-order chi connectivity index (χ1) is 5.46. The average Bonchev–Trinajstić information content (AvgIpc) is 2.08. The molecule has 4 N–H and O–H groups in total. The molecular formula is C10H16N2. The van der Waals surface area contributed by atoms with Gasteiger partial charge in [-0.3, -0.25) is 0 Å². The van der Waals surface area contributed by atoms with Gasteiger partial charge in [0.25, 0.3) is 0 Å². The molecule has 2 nitrogen and oxygen atoms in total. The van der Waals surface area contributed by atoms with Crippen LogP contribution in [0.15, 0.2) is 0 Å². The van der Waals surface area contributed by atoms with Crippen LogP contribution in [-0.2, 0) is 0 Å². The number of rotatable bonds is 0. The highest BCUT2D eigenvalue weighted by Gasteiger charge is 2.09. The first kappa shape index (κ1) is 8.91. The van der Waals surface area contributed by atoms with Gasteiger partial charge in [-0.1, -0.05) is 0 Å². The SMILES string of the molecule is Cc1c(C)c(N)c(C)c(N)c1C. The molecule has 0 fully saturated rings. The third-order valence-corrected chi connectivity index (χ3v) is 2.74. The number of nitrogen functional groups attached to an aromatic ring is 2. The fourth-order valence-corrected chi connectivity index (χ4v) is 1.39. The van der Waals surface area contributed by atoms with Gasteiger partial charge in [0.05, 0.1) is 0 Å². The van der Waals surface area contributed by atoms with Crippen molar-refractivity contribution in [1.29, 1.82) is 0 Å². The Balaban J connectivity index is 3.60. The number of nitrogens with two attached hydrogens (primary N) is 2. The Kier molecular flexibility index (Phi) is 2.01. The maximum Gasteiger partial charge on any atom is 0.0397 e. The maximum absolute atomic E-state index is 5.87. The highest BCUT2D eigenvalue weighted by atomic mass is 14.6. The van der Waals surface area contributed by atoms with Crippen molar-refractivity contribution < 1.29 is 0 Å². The molecule has 0 saturated carbocycles. The molecule has 0 bridgehead atoms. The Morgan fingerprint density at radius 1 is 0.583 bits per heavy atom. The van der Waals surface area contributed by atoms with Crippen molar-refractivity contribution >= 4 is 11.4 Å². The van der Waals surface area contributed by atoms with Crippen LogP contribution in [0.4, 0.5) is 11.4 Å². The van der Waals surface area contributed by atoms with E-state index in [1.165, 1.54) is 5.56 Å². The molecule has 1 aromatic rings. The fourth-order valence-electron chi connectivity index (χ4n) is 1.39. The van der Waals surface area contributed by atoms with Gasteiger partial charge >= 0.3 is 0 Å². The molecule has 0 unspecified atom stereocenters. The maximum atomic E-state index is 5.87. The van der Waals surface area contributed by atoms with Crippen LogP contribution in [-0.4, -0.2) is 0 Å². The van der Waals surface area contributed by atoms with Crippen LogP contribution in [0.2, 0.25) is 0 Å². The monoisotopic (exact) mass is 164 g/mol. The minimum absolute atomic E-state index is 0.829. The predicted octanol–water partition coefficient (Wildman–Crippen LogP) is 2.08. The number of anilines is 2. The molecule has 66 valence electrons. The summed E-state index contributed by atoms with van der Waals surface area (Å²) in [7, 11) is 0. The van der Waals surface area contributed by atoms with Gasteiger partial charge in [0.1, 0.15) is 0 Å². The molecule has 0 aromatic heterocycles. The van der Waals surface area contributed by atoms with E-state index in [1.807, 2.05) is 20.8 Å². The van der Waals surface area contributed by atoms with Crippen LogP contribution >= 0.6 is 0 Å². The van der Waals surface area contributed by atoms with E-state index in [1.54, 1.807) is 0 Å². The first-order valence-electron chi connectivity index (χ1n) is 4.08. The summed E-state index contributed by atoms with van der Waals surface area (Å²) in [5.41, 5.74) is 17.9. The molecule has 1 rings (SSSR count). The van der Waals surface area contributed by atoms with Gasteiger partial charge in [0.2, 0.25) is 0 Å². The molecule has 0 aliphatic heterocycles. The lowest BCUT2D eigenvalue weighted by atomic mass is 9.96. The largest absolute Gasteiger partial charge is 0.398 e. The fraction of sp³-hybridized carbons (Fsp3) is 0.400. The van der Waals surface area contributed by atoms with Crippen molar-refractivity contribution in [3.63, 3.8) is 0 Å². The molecule has 0 saturated heterocycles. The van der Waals surface area contributed by atoms with Gasteiger partial charge in [-0.05, 0) is 49.9 Å². The molecule has 12 heavy (non-hydrogen) atoms. The topological polar surface area (TPSA) is 52.0 Å². The van der Waals surface area contributed by atoms with E-state index in [-0.39, 0.29) is 0 Å². The molecule has 0 aliphatic carbocycles. The van der Waals surface area contributed by atoms with E-state index in [9.17, 15) is 0 Å². The standard InChI is InChI=1S/C10H16N2/c1-5-6(2)9(11)8(4)10(12)7(5)3/h11-12H2,1-4H3. The smallest absolute Gasteiger partial charge is 0.0397 e. The number of hydrogen-bond donors (Lipinski definition) is 2. The minimum Gasteiger partial charge on any atom is -0.398 e. The quantitative estimate of drug-likeness (QED) is 0.577. The third kappa shape index (κ3) is 1.04. The lowest BCUT2D eigenvalue weighted by Crippen LogP contribution is -2.04. The summed E-state index contributed by atoms with van der Waals surface area (Å²) in [6.45, 7) is 8.08. The van der Waals surface area contributed by atoms with Crippen LogP contribution in [0, 0.1) is 27.7 Å². The normalized spacial score (nSPS) is 10.3.